The summed E-state index contributed by atoms with van der Waals surface area (Å²) in [6.45, 7) is 22.7. The molecule has 0 radical (unpaired) electrons. The predicted octanol–water partition coefficient (Wildman–Crippen LogP) is 10.4. The number of ether oxygens (including phenoxy) is 2. The Bertz CT molecular complexity index is 1860. The lowest BCUT2D eigenvalue weighted by molar-refractivity contribution is 0.00570. The first kappa shape index (κ1) is 51.3. The van der Waals surface area contributed by atoms with Crippen LogP contribution in [0.5, 0.6) is 11.5 Å². The van der Waals surface area contributed by atoms with Gasteiger partial charge in [0.25, 0.3) is 0 Å². The van der Waals surface area contributed by atoms with Crippen LogP contribution in [-0.2, 0) is 9.47 Å². The lowest BCUT2D eigenvalue weighted by Gasteiger charge is -2.37. The molecule has 4 aromatic rings. The zero-order chi connectivity index (χ0) is 40.3. The third-order valence-corrected chi connectivity index (χ3v) is 9.33. The van der Waals surface area contributed by atoms with Gasteiger partial charge in [-0.15, -0.1) is 0 Å². The highest BCUT2D eigenvalue weighted by Crippen LogP contribution is 2.26. The standard InChI is InChI=1S/C22H28N2O3.C15H22N2O2.C7H7BrO.3CH4/c1-16-15-19(9-10-20(16)25)24-13-11-23(12-14-24)18-7-5-17(6-8-18)21(26)27-22(2,3)4;1-15(2,3)19-14(18)12-4-6-13(7-5-12)17-10-8-16-9-11-17;1-5-4-6(8)2-3-7(5)9;;;/h5-10,15,25H,11-14H2,1-4H3;4-7,16H,8-11H2,1-3H3;2-4,9H,1H3;3*1H4. The van der Waals surface area contributed by atoms with Gasteiger partial charge in [0.15, 0.2) is 0 Å². The quantitative estimate of drug-likeness (QED) is 0.168. The van der Waals surface area contributed by atoms with Crippen LogP contribution in [0.3, 0.4) is 0 Å². The summed E-state index contributed by atoms with van der Waals surface area (Å²) in [5, 5.41) is 22.0. The molecule has 2 fully saturated rings. The van der Waals surface area contributed by atoms with E-state index >= 15 is 0 Å². The van der Waals surface area contributed by atoms with E-state index < -0.39 is 11.2 Å². The van der Waals surface area contributed by atoms with Crippen molar-refractivity contribution in [3.63, 3.8) is 0 Å². The molecule has 2 saturated heterocycles. The minimum Gasteiger partial charge on any atom is -0.508 e. The van der Waals surface area contributed by atoms with Gasteiger partial charge in [-0.3, -0.25) is 0 Å². The van der Waals surface area contributed by atoms with E-state index in [1.165, 1.54) is 0 Å². The largest absolute Gasteiger partial charge is 0.508 e. The van der Waals surface area contributed by atoms with E-state index in [9.17, 15) is 14.7 Å². The topological polar surface area (TPSA) is 115 Å². The van der Waals surface area contributed by atoms with Crippen LogP contribution in [0.2, 0.25) is 0 Å². The molecule has 4 aromatic carbocycles. The van der Waals surface area contributed by atoms with Gasteiger partial charge in [0, 0.05) is 73.9 Å². The molecule has 3 N–H and O–H groups in total. The van der Waals surface area contributed by atoms with Gasteiger partial charge in [-0.05, 0) is 151 Å². The number of anilines is 3. The maximum atomic E-state index is 12.1. The van der Waals surface area contributed by atoms with E-state index in [1.807, 2.05) is 128 Å². The smallest absolute Gasteiger partial charge is 0.338 e. The van der Waals surface area contributed by atoms with Gasteiger partial charge < -0.3 is 39.7 Å². The number of aromatic hydroxyl groups is 2. The number of hydrogen-bond acceptors (Lipinski definition) is 10. The molecule has 320 valence electrons. The molecule has 2 heterocycles. The first-order valence-electron chi connectivity index (χ1n) is 18.8. The Kier molecular flexibility index (Phi) is 20.3. The molecule has 0 aromatic heterocycles. The molecule has 0 bridgehead atoms. The van der Waals surface area contributed by atoms with Crippen molar-refractivity contribution in [3.05, 3.63) is 112 Å². The van der Waals surface area contributed by atoms with E-state index in [1.54, 1.807) is 12.1 Å². The molecule has 0 atom stereocenters. The van der Waals surface area contributed by atoms with E-state index in [-0.39, 0.29) is 34.2 Å². The SMILES string of the molecule is C.C.C.CC(C)(C)OC(=O)c1ccc(N2CCNCC2)cc1.Cc1cc(Br)ccc1O.Cc1cc(N2CCN(c3ccc(C(=O)OC(C)(C)C)cc3)CC2)ccc1O. The van der Waals surface area contributed by atoms with Crippen LogP contribution in [0.15, 0.2) is 89.4 Å². The number of piperazine rings is 2. The highest BCUT2D eigenvalue weighted by atomic mass is 79.9. The van der Waals surface area contributed by atoms with Gasteiger partial charge in [0.1, 0.15) is 22.7 Å². The van der Waals surface area contributed by atoms with Crippen molar-refractivity contribution in [2.75, 3.05) is 67.1 Å². The zero-order valence-electron chi connectivity index (χ0n) is 33.5. The first-order valence-corrected chi connectivity index (χ1v) is 19.5. The van der Waals surface area contributed by atoms with Crippen molar-refractivity contribution in [2.45, 2.75) is 88.9 Å². The third kappa shape index (κ3) is 16.3. The fourth-order valence-electron chi connectivity index (χ4n) is 5.89. The Hall–Kier alpha value is -4.74. The number of carbonyl (C=O) groups excluding carboxylic acids is 2. The number of hydrogen-bond donors (Lipinski definition) is 3. The van der Waals surface area contributed by atoms with E-state index in [0.29, 0.717) is 22.6 Å². The van der Waals surface area contributed by atoms with E-state index in [4.69, 9.17) is 14.6 Å². The van der Waals surface area contributed by atoms with Crippen LogP contribution < -0.4 is 20.0 Å². The number of phenolic OH excluding ortho intramolecular Hbond substituents is 2. The molecule has 11 heteroatoms. The number of benzene rings is 4. The maximum absolute atomic E-state index is 12.1. The average Bonchev–Trinajstić information content (AvgIpc) is 3.14. The molecule has 0 spiro atoms. The van der Waals surface area contributed by atoms with Crippen molar-refractivity contribution in [1.29, 1.82) is 0 Å². The normalized spacial score (nSPS) is 13.8. The van der Waals surface area contributed by atoms with Crippen molar-refractivity contribution in [2.24, 2.45) is 0 Å². The summed E-state index contributed by atoms with van der Waals surface area (Å²) >= 11 is 3.29. The molecule has 2 aliphatic heterocycles. The molecule has 6 rings (SSSR count). The zero-order valence-corrected chi connectivity index (χ0v) is 35.1. The van der Waals surface area contributed by atoms with Gasteiger partial charge in [-0.1, -0.05) is 38.2 Å². The lowest BCUT2D eigenvalue weighted by atomic mass is 10.1. The highest BCUT2D eigenvalue weighted by molar-refractivity contribution is 9.10. The summed E-state index contributed by atoms with van der Waals surface area (Å²) in [6.07, 6.45) is 0. The van der Waals surface area contributed by atoms with Gasteiger partial charge in [-0.25, -0.2) is 9.59 Å². The molecule has 0 amide bonds. The van der Waals surface area contributed by atoms with Gasteiger partial charge >= 0.3 is 11.9 Å². The number of nitrogens with one attached hydrogen (secondary N) is 1. The number of aryl methyl sites for hydroxylation is 2. The summed E-state index contributed by atoms with van der Waals surface area (Å²) in [5.74, 6) is 0.126. The summed E-state index contributed by atoms with van der Waals surface area (Å²) in [7, 11) is 0. The van der Waals surface area contributed by atoms with Crippen LogP contribution in [0.25, 0.3) is 0 Å². The molecule has 58 heavy (non-hydrogen) atoms. The van der Waals surface area contributed by atoms with Crippen LogP contribution in [0, 0.1) is 13.8 Å². The van der Waals surface area contributed by atoms with Gasteiger partial charge in [0.2, 0.25) is 0 Å². The number of phenols is 2. The predicted molar refractivity (Wildman–Crippen MR) is 246 cm³/mol. The Balaban J connectivity index is 0.000000473. The Morgan fingerprint density at radius 3 is 1.26 bits per heavy atom. The maximum Gasteiger partial charge on any atom is 0.338 e. The van der Waals surface area contributed by atoms with E-state index in [2.05, 4.69) is 35.9 Å². The Labute approximate surface area is 357 Å². The molecule has 0 aliphatic carbocycles. The summed E-state index contributed by atoms with van der Waals surface area (Å²) in [6, 6.07) is 26.4. The van der Waals surface area contributed by atoms with Crippen LogP contribution in [-0.4, -0.2) is 85.7 Å². The fraction of sp³-hybridized carbons (Fsp3) is 0.447. The van der Waals surface area contributed by atoms with Crippen molar-refractivity contribution in [1.82, 2.24) is 5.32 Å². The Morgan fingerprint density at radius 2 is 0.897 bits per heavy atom. The summed E-state index contributed by atoms with van der Waals surface area (Å²) in [5.41, 5.74) is 5.45. The monoisotopic (exact) mass is 864 g/mol. The lowest BCUT2D eigenvalue weighted by Crippen LogP contribution is -2.46. The van der Waals surface area contributed by atoms with Crippen molar-refractivity contribution < 1.29 is 29.3 Å². The number of rotatable bonds is 5. The van der Waals surface area contributed by atoms with Crippen molar-refractivity contribution >= 4 is 44.9 Å². The van der Waals surface area contributed by atoms with Gasteiger partial charge in [-0.2, -0.15) is 0 Å². The Morgan fingerprint density at radius 1 is 0.552 bits per heavy atom. The van der Waals surface area contributed by atoms with Crippen LogP contribution in [0.1, 0.15) is 95.7 Å². The molecule has 0 unspecified atom stereocenters. The van der Waals surface area contributed by atoms with Crippen molar-refractivity contribution in [3.8, 4) is 11.5 Å². The van der Waals surface area contributed by atoms with Crippen LogP contribution in [0.4, 0.5) is 17.1 Å². The van der Waals surface area contributed by atoms with Crippen LogP contribution >= 0.6 is 15.9 Å². The second-order valence-corrected chi connectivity index (χ2v) is 16.6. The number of esters is 2. The molecular formula is C47H69BrN4O6. The fourth-order valence-corrected chi connectivity index (χ4v) is 6.37. The van der Waals surface area contributed by atoms with E-state index in [0.717, 1.165) is 85.0 Å². The number of nitrogens with zero attached hydrogens (tertiary/aromatic N) is 3. The highest BCUT2D eigenvalue weighted by Gasteiger charge is 2.21. The molecular weight excluding hydrogens is 796 g/mol. The second-order valence-electron chi connectivity index (χ2n) is 15.7. The second kappa shape index (κ2) is 23.0. The van der Waals surface area contributed by atoms with Gasteiger partial charge in [0.05, 0.1) is 11.1 Å². The molecule has 10 nitrogen and oxygen atoms in total. The third-order valence-electron chi connectivity index (χ3n) is 8.84. The minimum atomic E-state index is -0.487. The number of halogens is 1. The summed E-state index contributed by atoms with van der Waals surface area (Å²) in [4.78, 5) is 31.0. The average molecular weight is 866 g/mol. The summed E-state index contributed by atoms with van der Waals surface area (Å²) < 4.78 is 11.8. The number of carbonyl (C=O) groups is 2. The minimum absolute atomic E-state index is 0. The molecule has 2 aliphatic rings. The first-order chi connectivity index (χ1) is 25.9. The molecule has 0 saturated carbocycles.